The van der Waals surface area contributed by atoms with Crippen molar-refractivity contribution in [2.24, 2.45) is 0 Å². The third-order valence-corrected chi connectivity index (χ3v) is 7.07. The zero-order valence-electron chi connectivity index (χ0n) is 18.0. The second-order valence-electron chi connectivity index (χ2n) is 7.47. The molecule has 2 aromatic carbocycles. The molecule has 2 aromatic rings. The fraction of sp³-hybridized carbons (Fsp3) is 0.316. The Kier molecular flexibility index (Phi) is 6.98. The summed E-state index contributed by atoms with van der Waals surface area (Å²) in [5, 5.41) is 25.5. The number of carbonyl (C=O) groups is 1. The molecule has 0 aromatic heterocycles. The number of hydrogen-bond donors (Lipinski definition) is 1. The van der Waals surface area contributed by atoms with Gasteiger partial charge in [-0.05, 0) is 24.3 Å². The monoisotopic (exact) mass is 517 g/mol. The molecule has 1 saturated heterocycles. The average Bonchev–Trinajstić information content (AvgIpc) is 2.77. The molecule has 35 heavy (non-hydrogen) atoms. The van der Waals surface area contributed by atoms with E-state index in [2.05, 4.69) is 5.32 Å². The maximum atomic E-state index is 13.1. The van der Waals surface area contributed by atoms with Gasteiger partial charge in [-0.3, -0.25) is 25.0 Å². The molecule has 0 spiro atoms. The molecule has 0 bridgehead atoms. The van der Waals surface area contributed by atoms with Crippen LogP contribution in [-0.2, 0) is 21.0 Å². The molecule has 0 aliphatic carbocycles. The van der Waals surface area contributed by atoms with E-state index >= 15 is 0 Å². The van der Waals surface area contributed by atoms with E-state index in [0.717, 1.165) is 9.21 Å². The first-order valence-electron chi connectivity index (χ1n) is 9.88. The number of nitro benzene ring substituents is 2. The van der Waals surface area contributed by atoms with E-state index in [4.69, 9.17) is 0 Å². The molecule has 188 valence electrons. The number of piperazine rings is 1. The van der Waals surface area contributed by atoms with E-state index in [0.29, 0.717) is 5.69 Å². The molecule has 0 saturated carbocycles. The highest BCUT2D eigenvalue weighted by atomic mass is 32.2. The molecule has 16 heteroatoms. The Morgan fingerprint density at radius 3 is 1.86 bits per heavy atom. The summed E-state index contributed by atoms with van der Waals surface area (Å²) in [5.74, 6) is -0.344. The number of hydrogen-bond acceptors (Lipinski definition) is 8. The molecular formula is C19H18F3N5O7S. The molecule has 0 atom stereocenters. The summed E-state index contributed by atoms with van der Waals surface area (Å²) in [6.45, 7) is 0.345. The van der Waals surface area contributed by atoms with Crippen molar-refractivity contribution < 1.29 is 36.2 Å². The lowest BCUT2D eigenvalue weighted by Gasteiger charge is -2.34. The number of sulfonamides is 1. The van der Waals surface area contributed by atoms with Crippen molar-refractivity contribution in [3.05, 3.63) is 62.2 Å². The van der Waals surface area contributed by atoms with E-state index in [1.807, 2.05) is 0 Å². The number of alkyl halides is 3. The van der Waals surface area contributed by atoms with Crippen molar-refractivity contribution in [1.29, 1.82) is 0 Å². The smallest absolute Gasteiger partial charge is 0.358 e. The molecule has 1 fully saturated rings. The van der Waals surface area contributed by atoms with E-state index in [9.17, 15) is 46.6 Å². The lowest BCUT2D eigenvalue weighted by molar-refractivity contribution is -0.393. The highest BCUT2D eigenvalue weighted by molar-refractivity contribution is 7.89. The SMILES string of the molecule is CC(=O)Nc1ccc(S(=O)(=O)N2CCN(c3c([N+](=O)[O-])cc(C(F)(F)F)cc3[N+](=O)[O-])CC2)cc1. The Morgan fingerprint density at radius 2 is 1.46 bits per heavy atom. The van der Waals surface area contributed by atoms with Gasteiger partial charge >= 0.3 is 6.18 Å². The lowest BCUT2D eigenvalue weighted by Crippen LogP contribution is -2.49. The number of carbonyl (C=O) groups excluding carboxylic acids is 1. The highest BCUT2D eigenvalue weighted by Crippen LogP contribution is 2.43. The van der Waals surface area contributed by atoms with Crippen LogP contribution in [0.1, 0.15) is 12.5 Å². The number of rotatable bonds is 6. The van der Waals surface area contributed by atoms with Crippen molar-refractivity contribution in [3.63, 3.8) is 0 Å². The fourth-order valence-corrected chi connectivity index (χ4v) is 5.01. The van der Waals surface area contributed by atoms with Crippen molar-refractivity contribution in [2.75, 3.05) is 36.4 Å². The van der Waals surface area contributed by atoms with E-state index in [-0.39, 0.29) is 49.1 Å². The Balaban J connectivity index is 1.88. The third-order valence-electron chi connectivity index (χ3n) is 5.16. The Bertz CT molecular complexity index is 1240. The molecule has 1 amide bonds. The van der Waals surface area contributed by atoms with Gasteiger partial charge in [0, 0.05) is 50.9 Å². The van der Waals surface area contributed by atoms with Crippen LogP contribution in [0.3, 0.4) is 0 Å². The van der Waals surface area contributed by atoms with Crippen LogP contribution in [0.2, 0.25) is 0 Å². The lowest BCUT2D eigenvalue weighted by atomic mass is 10.1. The molecule has 3 rings (SSSR count). The summed E-state index contributed by atoms with van der Waals surface area (Å²) in [5.41, 5.74) is -3.98. The number of nitrogens with zero attached hydrogens (tertiary/aromatic N) is 4. The first kappa shape index (κ1) is 25.8. The summed E-state index contributed by atoms with van der Waals surface area (Å²) < 4.78 is 66.3. The summed E-state index contributed by atoms with van der Waals surface area (Å²) in [6, 6.07) is 5.78. The van der Waals surface area contributed by atoms with Gasteiger partial charge in [-0.2, -0.15) is 17.5 Å². The van der Waals surface area contributed by atoms with Gasteiger partial charge in [0.25, 0.3) is 11.4 Å². The fourth-order valence-electron chi connectivity index (χ4n) is 3.58. The second kappa shape index (κ2) is 9.46. The number of nitrogens with one attached hydrogen (secondary N) is 1. The van der Waals surface area contributed by atoms with Crippen LogP contribution in [0.25, 0.3) is 0 Å². The maximum absolute atomic E-state index is 13.1. The van der Waals surface area contributed by atoms with Crippen LogP contribution in [0.4, 0.5) is 35.9 Å². The van der Waals surface area contributed by atoms with Crippen LogP contribution >= 0.6 is 0 Å². The van der Waals surface area contributed by atoms with E-state index in [1.165, 1.54) is 31.2 Å². The van der Waals surface area contributed by atoms with Crippen LogP contribution in [0, 0.1) is 20.2 Å². The van der Waals surface area contributed by atoms with Crippen LogP contribution in [0.5, 0.6) is 0 Å². The van der Waals surface area contributed by atoms with E-state index in [1.54, 1.807) is 0 Å². The Labute approximate surface area is 196 Å². The summed E-state index contributed by atoms with van der Waals surface area (Å²) in [4.78, 5) is 32.8. The number of halogens is 3. The van der Waals surface area contributed by atoms with Gasteiger partial charge in [0.1, 0.15) is 0 Å². The standard InChI is InChI=1S/C19H18F3N5O7S/c1-12(28)23-14-2-4-15(5-3-14)35(33,34)25-8-6-24(7-9-25)18-16(26(29)30)10-13(19(20,21)22)11-17(18)27(31)32/h2-5,10-11H,6-9H2,1H3,(H,23,28). The molecule has 0 unspecified atom stereocenters. The largest absolute Gasteiger partial charge is 0.416 e. The number of anilines is 2. The summed E-state index contributed by atoms with van der Waals surface area (Å²) in [7, 11) is -4.01. The quantitative estimate of drug-likeness (QED) is 0.453. The van der Waals surface area contributed by atoms with Crippen molar-refractivity contribution in [1.82, 2.24) is 4.31 Å². The molecule has 1 N–H and O–H groups in total. The van der Waals surface area contributed by atoms with Gasteiger partial charge < -0.3 is 10.2 Å². The molecule has 0 radical (unpaired) electrons. The van der Waals surface area contributed by atoms with Crippen molar-refractivity contribution in [2.45, 2.75) is 18.0 Å². The first-order valence-corrected chi connectivity index (χ1v) is 11.3. The zero-order valence-corrected chi connectivity index (χ0v) is 18.8. The van der Waals surface area contributed by atoms with Crippen molar-refractivity contribution in [3.8, 4) is 0 Å². The minimum Gasteiger partial charge on any atom is -0.358 e. The number of nitro groups is 2. The topological polar surface area (TPSA) is 156 Å². The van der Waals surface area contributed by atoms with Gasteiger partial charge in [0.15, 0.2) is 5.69 Å². The molecule has 1 aliphatic heterocycles. The summed E-state index contributed by atoms with van der Waals surface area (Å²) in [6.07, 6.45) is -5.05. The molecular weight excluding hydrogens is 499 g/mol. The molecule has 12 nitrogen and oxygen atoms in total. The van der Waals surface area contributed by atoms with Gasteiger partial charge in [0.05, 0.1) is 20.3 Å². The predicted molar refractivity (Wildman–Crippen MR) is 116 cm³/mol. The predicted octanol–water partition coefficient (Wildman–Crippen LogP) is 2.99. The maximum Gasteiger partial charge on any atom is 0.416 e. The van der Waals surface area contributed by atoms with Crippen LogP contribution in [0.15, 0.2) is 41.3 Å². The number of benzene rings is 2. The Hall–Kier alpha value is -3.79. The third kappa shape index (κ3) is 5.48. The normalized spacial score (nSPS) is 15.0. The van der Waals surface area contributed by atoms with Gasteiger partial charge in [-0.25, -0.2) is 8.42 Å². The minimum absolute atomic E-state index is 0.0912. The highest BCUT2D eigenvalue weighted by Gasteiger charge is 2.40. The van der Waals surface area contributed by atoms with Gasteiger partial charge in [-0.1, -0.05) is 0 Å². The zero-order chi connectivity index (χ0) is 26.1. The van der Waals surface area contributed by atoms with E-state index < -0.39 is 48.7 Å². The Morgan fingerprint density at radius 1 is 0.971 bits per heavy atom. The van der Waals surface area contributed by atoms with Gasteiger partial charge in [0.2, 0.25) is 15.9 Å². The molecule has 1 heterocycles. The summed E-state index contributed by atoms with van der Waals surface area (Å²) >= 11 is 0. The first-order chi connectivity index (χ1) is 16.2. The molecule has 1 aliphatic rings. The average molecular weight is 517 g/mol. The van der Waals surface area contributed by atoms with Gasteiger partial charge in [-0.15, -0.1) is 0 Å². The minimum atomic E-state index is -5.05. The second-order valence-corrected chi connectivity index (χ2v) is 9.41. The van der Waals surface area contributed by atoms with Crippen molar-refractivity contribution >= 4 is 38.7 Å². The van der Waals surface area contributed by atoms with Crippen LogP contribution in [-0.4, -0.2) is 54.7 Å². The number of amides is 1. The van der Waals surface area contributed by atoms with Crippen LogP contribution < -0.4 is 10.2 Å².